The number of hydrogen-bond donors (Lipinski definition) is 1. The Morgan fingerprint density at radius 3 is 2.58 bits per heavy atom. The van der Waals surface area contributed by atoms with Gasteiger partial charge in [0.1, 0.15) is 0 Å². The predicted molar refractivity (Wildman–Crippen MR) is 87.7 cm³/mol. The average Bonchev–Trinajstić information content (AvgIpc) is 2.42. The molecular weight excluding hydrogens is 366 g/mol. The fraction of sp³-hybridized carbons (Fsp3) is 0.250. The van der Waals surface area contributed by atoms with Crippen LogP contribution in [-0.4, -0.2) is 6.04 Å². The highest BCUT2D eigenvalue weighted by Gasteiger charge is 2.18. The van der Waals surface area contributed by atoms with Crippen LogP contribution in [0.15, 0.2) is 51.4 Å². The lowest BCUT2D eigenvalue weighted by Gasteiger charge is -2.26. The maximum atomic E-state index is 3.65. The number of hydrogen-bond acceptors (Lipinski definition) is 1. The van der Waals surface area contributed by atoms with E-state index in [9.17, 15) is 0 Å². The van der Waals surface area contributed by atoms with Gasteiger partial charge in [-0.15, -0.1) is 0 Å². The van der Waals surface area contributed by atoms with Gasteiger partial charge in [-0.25, -0.2) is 0 Å². The zero-order valence-electron chi connectivity index (χ0n) is 10.5. The second-order valence-electron chi connectivity index (χ2n) is 4.98. The summed E-state index contributed by atoms with van der Waals surface area (Å²) in [6.45, 7) is 0. The Kier molecular flexibility index (Phi) is 3.94. The number of aryl methyl sites for hydroxylation is 1. The van der Waals surface area contributed by atoms with E-state index in [0.717, 1.165) is 15.4 Å². The molecule has 2 aromatic rings. The maximum Gasteiger partial charge on any atom is 0.0487 e. The van der Waals surface area contributed by atoms with Gasteiger partial charge in [0.2, 0.25) is 0 Å². The molecule has 1 aliphatic carbocycles. The molecule has 1 nitrogen and oxygen atoms in total. The van der Waals surface area contributed by atoms with Crippen molar-refractivity contribution in [3.8, 4) is 0 Å². The topological polar surface area (TPSA) is 12.0 Å². The average molecular weight is 381 g/mol. The quantitative estimate of drug-likeness (QED) is 0.756. The van der Waals surface area contributed by atoms with Crippen molar-refractivity contribution >= 4 is 37.5 Å². The highest BCUT2D eigenvalue weighted by molar-refractivity contribution is 9.11. The molecule has 0 amide bonds. The van der Waals surface area contributed by atoms with Crippen molar-refractivity contribution in [1.29, 1.82) is 0 Å². The number of benzene rings is 2. The minimum atomic E-state index is 0.521. The van der Waals surface area contributed by atoms with Crippen LogP contribution in [-0.2, 0) is 12.8 Å². The van der Waals surface area contributed by atoms with Crippen LogP contribution in [0.3, 0.4) is 0 Å². The summed E-state index contributed by atoms with van der Waals surface area (Å²) >= 11 is 7.10. The van der Waals surface area contributed by atoms with Crippen LogP contribution in [0.25, 0.3) is 0 Å². The Labute approximate surface area is 130 Å². The van der Waals surface area contributed by atoms with Crippen molar-refractivity contribution in [2.45, 2.75) is 25.3 Å². The minimum Gasteiger partial charge on any atom is -0.381 e. The molecule has 1 N–H and O–H groups in total. The van der Waals surface area contributed by atoms with Gasteiger partial charge < -0.3 is 5.32 Å². The minimum absolute atomic E-state index is 0.521. The second kappa shape index (κ2) is 5.68. The maximum absolute atomic E-state index is 3.65. The molecule has 2 aromatic carbocycles. The molecule has 0 aliphatic heterocycles. The van der Waals surface area contributed by atoms with Gasteiger partial charge in [-0.05, 0) is 64.5 Å². The van der Waals surface area contributed by atoms with Crippen LogP contribution < -0.4 is 5.32 Å². The van der Waals surface area contributed by atoms with Gasteiger partial charge >= 0.3 is 0 Å². The molecule has 0 fully saturated rings. The molecule has 3 rings (SSSR count). The SMILES string of the molecule is Brc1ccc(NC2CCc3ccccc3C2)c(Br)c1. The van der Waals surface area contributed by atoms with Crippen molar-refractivity contribution in [1.82, 2.24) is 0 Å². The van der Waals surface area contributed by atoms with E-state index < -0.39 is 0 Å². The van der Waals surface area contributed by atoms with Gasteiger partial charge in [0.15, 0.2) is 0 Å². The van der Waals surface area contributed by atoms with Crippen molar-refractivity contribution in [2.24, 2.45) is 0 Å². The summed E-state index contributed by atoms with van der Waals surface area (Å²) in [6, 6.07) is 15.6. The molecule has 0 saturated carbocycles. The van der Waals surface area contributed by atoms with E-state index in [1.807, 2.05) is 0 Å². The van der Waals surface area contributed by atoms with Gasteiger partial charge in [0.25, 0.3) is 0 Å². The Bertz CT molecular complexity index is 595. The van der Waals surface area contributed by atoms with Gasteiger partial charge in [-0.3, -0.25) is 0 Å². The fourth-order valence-electron chi connectivity index (χ4n) is 2.65. The van der Waals surface area contributed by atoms with E-state index in [4.69, 9.17) is 0 Å². The lowest BCUT2D eigenvalue weighted by Crippen LogP contribution is -2.27. The largest absolute Gasteiger partial charge is 0.381 e. The normalized spacial score (nSPS) is 17.9. The Morgan fingerprint density at radius 1 is 1.00 bits per heavy atom. The molecule has 1 aliphatic rings. The van der Waals surface area contributed by atoms with E-state index in [1.165, 1.54) is 29.7 Å². The first kappa shape index (κ1) is 13.2. The number of fused-ring (bicyclic) bond motifs is 1. The standard InChI is InChI=1S/C16H15Br2N/c17-13-6-8-16(15(18)10-13)19-14-7-5-11-3-1-2-4-12(11)9-14/h1-4,6,8,10,14,19H,5,7,9H2. The Morgan fingerprint density at radius 2 is 1.79 bits per heavy atom. The van der Waals surface area contributed by atoms with Crippen molar-refractivity contribution in [3.05, 3.63) is 62.5 Å². The molecular formula is C16H15Br2N. The third-order valence-electron chi connectivity index (χ3n) is 3.64. The first-order chi connectivity index (χ1) is 9.22. The van der Waals surface area contributed by atoms with Crippen LogP contribution in [0.2, 0.25) is 0 Å². The molecule has 0 radical (unpaired) electrons. The molecule has 98 valence electrons. The first-order valence-electron chi connectivity index (χ1n) is 6.51. The molecule has 0 heterocycles. The van der Waals surface area contributed by atoms with E-state index >= 15 is 0 Å². The van der Waals surface area contributed by atoms with Crippen molar-refractivity contribution < 1.29 is 0 Å². The molecule has 0 bridgehead atoms. The highest BCUT2D eigenvalue weighted by atomic mass is 79.9. The summed E-state index contributed by atoms with van der Waals surface area (Å²) in [5, 5.41) is 3.65. The molecule has 0 spiro atoms. The van der Waals surface area contributed by atoms with Crippen LogP contribution in [0.5, 0.6) is 0 Å². The number of anilines is 1. The third kappa shape index (κ3) is 3.03. The Hall–Kier alpha value is -0.800. The molecule has 0 saturated heterocycles. The third-order valence-corrected chi connectivity index (χ3v) is 4.79. The Balaban J connectivity index is 1.75. The lowest BCUT2D eigenvalue weighted by atomic mass is 9.88. The number of halogens is 2. The molecule has 3 heteroatoms. The lowest BCUT2D eigenvalue weighted by molar-refractivity contribution is 0.610. The zero-order chi connectivity index (χ0) is 13.2. The molecule has 19 heavy (non-hydrogen) atoms. The highest BCUT2D eigenvalue weighted by Crippen LogP contribution is 2.29. The molecule has 1 atom stereocenters. The van der Waals surface area contributed by atoms with Crippen LogP contribution in [0.4, 0.5) is 5.69 Å². The predicted octanol–water partition coefficient (Wildman–Crippen LogP) is 5.18. The van der Waals surface area contributed by atoms with Gasteiger partial charge in [0, 0.05) is 20.7 Å². The van der Waals surface area contributed by atoms with E-state index in [0.29, 0.717) is 6.04 Å². The van der Waals surface area contributed by atoms with Gasteiger partial charge in [-0.1, -0.05) is 40.2 Å². The van der Waals surface area contributed by atoms with Gasteiger partial charge in [-0.2, -0.15) is 0 Å². The van der Waals surface area contributed by atoms with E-state index in [1.54, 1.807) is 0 Å². The monoisotopic (exact) mass is 379 g/mol. The first-order valence-corrected chi connectivity index (χ1v) is 8.09. The van der Waals surface area contributed by atoms with Crippen LogP contribution in [0.1, 0.15) is 17.5 Å². The molecule has 0 aromatic heterocycles. The summed E-state index contributed by atoms with van der Waals surface area (Å²) in [7, 11) is 0. The van der Waals surface area contributed by atoms with Crippen LogP contribution in [0, 0.1) is 0 Å². The summed E-state index contributed by atoms with van der Waals surface area (Å²) in [5.74, 6) is 0. The van der Waals surface area contributed by atoms with Crippen molar-refractivity contribution in [3.63, 3.8) is 0 Å². The van der Waals surface area contributed by atoms with Gasteiger partial charge in [0.05, 0.1) is 0 Å². The fourth-order valence-corrected chi connectivity index (χ4v) is 3.81. The number of nitrogens with one attached hydrogen (secondary N) is 1. The smallest absolute Gasteiger partial charge is 0.0487 e. The summed E-state index contributed by atoms with van der Waals surface area (Å²) in [6.07, 6.45) is 3.47. The summed E-state index contributed by atoms with van der Waals surface area (Å²) < 4.78 is 2.21. The second-order valence-corrected chi connectivity index (χ2v) is 6.75. The van der Waals surface area contributed by atoms with E-state index in [2.05, 4.69) is 79.6 Å². The van der Waals surface area contributed by atoms with Crippen molar-refractivity contribution in [2.75, 3.05) is 5.32 Å². The number of rotatable bonds is 2. The molecule has 1 unspecified atom stereocenters. The summed E-state index contributed by atoms with van der Waals surface area (Å²) in [4.78, 5) is 0. The zero-order valence-corrected chi connectivity index (χ0v) is 13.7. The summed E-state index contributed by atoms with van der Waals surface area (Å²) in [5.41, 5.74) is 4.17. The van der Waals surface area contributed by atoms with E-state index in [-0.39, 0.29) is 0 Å². The van der Waals surface area contributed by atoms with Crippen LogP contribution >= 0.6 is 31.9 Å².